The van der Waals surface area contributed by atoms with Crippen molar-refractivity contribution < 1.29 is 9.53 Å². The molecule has 0 atom stereocenters. The van der Waals surface area contributed by atoms with Gasteiger partial charge in [-0.15, -0.1) is 0 Å². The number of ether oxygens (including phenoxy) is 1. The van der Waals surface area contributed by atoms with Crippen LogP contribution in [0.15, 0.2) is 91.0 Å². The quantitative estimate of drug-likeness (QED) is 0.299. The number of hydrogen-bond acceptors (Lipinski definition) is 2. The first-order valence-electron chi connectivity index (χ1n) is 11.9. The lowest BCUT2D eigenvalue weighted by molar-refractivity contribution is 0.100. The zero-order valence-electron chi connectivity index (χ0n) is 20.2. The van der Waals surface area contributed by atoms with Gasteiger partial charge >= 0.3 is 0 Å². The van der Waals surface area contributed by atoms with E-state index >= 15 is 0 Å². The maximum Gasteiger partial charge on any atom is 0.249 e. The molecule has 175 valence electrons. The topological polar surface area (TPSA) is 57.2 Å². The third kappa shape index (κ3) is 3.50. The molecular formula is C32H25N2O2. The normalized spacial score (nSPS) is 11.4. The maximum absolute atomic E-state index is 12.4. The molecule has 0 aliphatic rings. The van der Waals surface area contributed by atoms with Crippen LogP contribution in [0.2, 0.25) is 0 Å². The number of nitrogens with two attached hydrogens (primary N) is 1. The summed E-state index contributed by atoms with van der Waals surface area (Å²) in [6.07, 6.45) is 0. The fourth-order valence-electron chi connectivity index (χ4n) is 5.19. The van der Waals surface area contributed by atoms with Crippen LogP contribution in [0.5, 0.6) is 5.75 Å². The smallest absolute Gasteiger partial charge is 0.249 e. The van der Waals surface area contributed by atoms with Crippen molar-refractivity contribution in [1.82, 2.24) is 4.57 Å². The van der Waals surface area contributed by atoms with Crippen molar-refractivity contribution in [3.05, 3.63) is 114 Å². The van der Waals surface area contributed by atoms with E-state index in [9.17, 15) is 4.79 Å². The molecule has 0 saturated carbocycles. The van der Waals surface area contributed by atoms with Gasteiger partial charge < -0.3 is 15.0 Å². The van der Waals surface area contributed by atoms with Gasteiger partial charge in [0.1, 0.15) is 5.75 Å². The molecule has 1 amide bonds. The monoisotopic (exact) mass is 469 g/mol. The minimum absolute atomic E-state index is 0.436. The molecule has 1 radical (unpaired) electrons. The first-order chi connectivity index (χ1) is 17.5. The van der Waals surface area contributed by atoms with Crippen molar-refractivity contribution in [1.29, 1.82) is 0 Å². The van der Waals surface area contributed by atoms with Gasteiger partial charge in [-0.3, -0.25) is 4.79 Å². The molecular weight excluding hydrogens is 444 g/mol. The van der Waals surface area contributed by atoms with Gasteiger partial charge in [-0.25, -0.2) is 0 Å². The molecule has 1 aromatic heterocycles. The number of nitrogens with zero attached hydrogens (tertiary/aromatic N) is 1. The number of aryl methyl sites for hydroxylation is 1. The summed E-state index contributed by atoms with van der Waals surface area (Å²) in [7, 11) is 1.67. The zero-order chi connectivity index (χ0) is 24.8. The molecule has 4 heteroatoms. The lowest BCUT2D eigenvalue weighted by atomic mass is 9.99. The number of amides is 1. The van der Waals surface area contributed by atoms with E-state index in [-0.39, 0.29) is 0 Å². The Labute approximate surface area is 209 Å². The minimum Gasteiger partial charge on any atom is -0.497 e. The van der Waals surface area contributed by atoms with Crippen LogP contribution in [0.1, 0.15) is 21.5 Å². The van der Waals surface area contributed by atoms with Gasteiger partial charge in [-0.1, -0.05) is 54.6 Å². The molecule has 0 fully saturated rings. The first kappa shape index (κ1) is 21.9. The number of fused-ring (bicyclic) bond motifs is 4. The van der Waals surface area contributed by atoms with Gasteiger partial charge in [0, 0.05) is 22.9 Å². The highest BCUT2D eigenvalue weighted by atomic mass is 16.5. The van der Waals surface area contributed by atoms with Crippen molar-refractivity contribution in [3.63, 3.8) is 0 Å². The molecule has 36 heavy (non-hydrogen) atoms. The van der Waals surface area contributed by atoms with Crippen molar-refractivity contribution in [2.45, 2.75) is 13.5 Å². The fourth-order valence-corrected chi connectivity index (χ4v) is 5.19. The van der Waals surface area contributed by atoms with E-state index < -0.39 is 5.91 Å². The van der Waals surface area contributed by atoms with E-state index in [4.69, 9.17) is 10.5 Å². The molecule has 6 rings (SSSR count). The van der Waals surface area contributed by atoms with Gasteiger partial charge in [-0.2, -0.15) is 0 Å². The van der Waals surface area contributed by atoms with Gasteiger partial charge in [0.2, 0.25) is 5.91 Å². The van der Waals surface area contributed by atoms with Crippen LogP contribution in [0.3, 0.4) is 0 Å². The Bertz CT molecular complexity index is 1780. The third-order valence-corrected chi connectivity index (χ3v) is 7.07. The lowest BCUT2D eigenvalue weighted by Gasteiger charge is -2.14. The summed E-state index contributed by atoms with van der Waals surface area (Å²) in [4.78, 5) is 12.4. The number of methoxy groups -OCH3 is 1. The molecule has 0 unspecified atom stereocenters. The number of benzene rings is 5. The first-order valence-corrected chi connectivity index (χ1v) is 11.9. The fraction of sp³-hybridized carbons (Fsp3) is 0.0938. The van der Waals surface area contributed by atoms with Gasteiger partial charge in [0.05, 0.1) is 18.1 Å². The average molecular weight is 470 g/mol. The summed E-state index contributed by atoms with van der Waals surface area (Å²) in [5.74, 6) is 0.379. The summed E-state index contributed by atoms with van der Waals surface area (Å²) in [5, 5.41) is 4.18. The number of rotatable bonds is 5. The second-order valence-corrected chi connectivity index (χ2v) is 9.11. The molecule has 1 heterocycles. The highest BCUT2D eigenvalue weighted by Gasteiger charge is 2.18. The SMILES string of the molecule is COc1ccc(-c2c[c]c3c4c(C(N)=O)cccc4n(Cc4c(C)ccc5ccccc45)c3c2)cc1. The van der Waals surface area contributed by atoms with Crippen molar-refractivity contribution in [2.75, 3.05) is 7.11 Å². The van der Waals surface area contributed by atoms with Gasteiger partial charge in [0.15, 0.2) is 0 Å². The third-order valence-electron chi connectivity index (χ3n) is 7.07. The number of primary amides is 1. The molecule has 0 saturated heterocycles. The maximum atomic E-state index is 12.4. The number of hydrogen-bond donors (Lipinski definition) is 1. The zero-order valence-corrected chi connectivity index (χ0v) is 20.2. The van der Waals surface area contributed by atoms with Crippen LogP contribution in [0.4, 0.5) is 0 Å². The molecule has 4 nitrogen and oxygen atoms in total. The van der Waals surface area contributed by atoms with Crippen molar-refractivity contribution in [2.24, 2.45) is 5.73 Å². The molecule has 0 aliphatic heterocycles. The summed E-state index contributed by atoms with van der Waals surface area (Å²) >= 11 is 0. The standard InChI is InChI=1S/C32H25N2O2/c1-20-10-11-22-6-3-4-7-25(22)28(20)19-34-29-9-5-8-27(32(33)35)31(29)26-17-14-23(18-30(26)34)21-12-15-24(36-2)16-13-21/h3-16,18H,19H2,1-2H3,(H2,33,35). The van der Waals surface area contributed by atoms with Crippen LogP contribution in [-0.4, -0.2) is 17.6 Å². The average Bonchev–Trinajstić information content (AvgIpc) is 3.23. The van der Waals surface area contributed by atoms with Crippen molar-refractivity contribution >= 4 is 38.5 Å². The minimum atomic E-state index is -0.436. The lowest BCUT2D eigenvalue weighted by Crippen LogP contribution is -2.11. The van der Waals surface area contributed by atoms with Crippen LogP contribution >= 0.6 is 0 Å². The second-order valence-electron chi connectivity index (χ2n) is 9.11. The highest BCUT2D eigenvalue weighted by Crippen LogP contribution is 2.36. The predicted molar refractivity (Wildman–Crippen MR) is 147 cm³/mol. The number of carbonyl (C=O) groups excluding carboxylic acids is 1. The highest BCUT2D eigenvalue weighted by molar-refractivity contribution is 6.18. The Morgan fingerprint density at radius 3 is 2.50 bits per heavy atom. The van der Waals surface area contributed by atoms with E-state index in [2.05, 4.69) is 66.1 Å². The van der Waals surface area contributed by atoms with E-state index in [1.54, 1.807) is 13.2 Å². The number of carbonyl (C=O) groups is 1. The van der Waals surface area contributed by atoms with E-state index in [0.29, 0.717) is 12.1 Å². The Morgan fingerprint density at radius 2 is 1.72 bits per heavy atom. The second kappa shape index (κ2) is 8.58. The van der Waals surface area contributed by atoms with E-state index in [0.717, 1.165) is 38.7 Å². The van der Waals surface area contributed by atoms with E-state index in [1.165, 1.54) is 21.9 Å². The molecule has 6 aromatic rings. The van der Waals surface area contributed by atoms with Crippen molar-refractivity contribution in [3.8, 4) is 16.9 Å². The molecule has 5 aromatic carbocycles. The predicted octanol–water partition coefficient (Wildman–Crippen LogP) is 6.88. The Kier molecular flexibility index (Phi) is 5.23. The summed E-state index contributed by atoms with van der Waals surface area (Å²) < 4.78 is 7.61. The van der Waals surface area contributed by atoms with Crippen LogP contribution < -0.4 is 10.5 Å². The molecule has 0 spiro atoms. The van der Waals surface area contributed by atoms with Crippen LogP contribution in [0.25, 0.3) is 43.7 Å². The largest absolute Gasteiger partial charge is 0.497 e. The van der Waals surface area contributed by atoms with Crippen LogP contribution in [0, 0.1) is 13.0 Å². The number of aromatic nitrogens is 1. The van der Waals surface area contributed by atoms with Gasteiger partial charge in [0.25, 0.3) is 0 Å². The van der Waals surface area contributed by atoms with Crippen LogP contribution in [-0.2, 0) is 6.54 Å². The summed E-state index contributed by atoms with van der Waals surface area (Å²) in [6, 6.07) is 34.2. The molecule has 0 aliphatic carbocycles. The van der Waals surface area contributed by atoms with E-state index in [1.807, 2.05) is 36.4 Å². The summed E-state index contributed by atoms with van der Waals surface area (Å²) in [5.41, 5.74) is 12.9. The van der Waals surface area contributed by atoms with Gasteiger partial charge in [-0.05, 0) is 82.4 Å². The summed E-state index contributed by atoms with van der Waals surface area (Å²) in [6.45, 7) is 2.81. The Balaban J connectivity index is 1.63. The molecule has 0 bridgehead atoms. The Hall–Kier alpha value is -4.57. The Morgan fingerprint density at radius 1 is 0.917 bits per heavy atom. The molecule has 2 N–H and O–H groups in total.